The minimum Gasteiger partial charge on any atom is -0.240 e. The van der Waals surface area contributed by atoms with Gasteiger partial charge in [0.1, 0.15) is 0 Å². The zero-order valence-corrected chi connectivity index (χ0v) is 16.9. The van der Waals surface area contributed by atoms with E-state index >= 15 is 0 Å². The van der Waals surface area contributed by atoms with Gasteiger partial charge in [-0.3, -0.25) is 0 Å². The molecule has 0 bridgehead atoms. The van der Waals surface area contributed by atoms with Crippen molar-refractivity contribution < 1.29 is 21.6 Å². The van der Waals surface area contributed by atoms with Crippen LogP contribution in [0.2, 0.25) is 0 Å². The molecule has 1 aliphatic heterocycles. The second-order valence-corrected chi connectivity index (χ2v) is 9.21. The van der Waals surface area contributed by atoms with E-state index in [0.717, 1.165) is 24.2 Å². The number of aliphatic imine (C=N–C) groups is 1. The highest BCUT2D eigenvalue weighted by Crippen LogP contribution is 2.30. The third kappa shape index (κ3) is 5.02. The molecule has 1 aromatic heterocycles. The van der Waals surface area contributed by atoms with Gasteiger partial charge < -0.3 is 0 Å². The lowest BCUT2D eigenvalue weighted by molar-refractivity contribution is -0.137. The SMILES string of the molecule is Cc1ccc(S(=O)(=O)N2C[C@H](C)CCC2C=Nc2ccc(C(F)(F)F)cn2)cc1. The van der Waals surface area contributed by atoms with Crippen LogP contribution in [-0.2, 0) is 16.2 Å². The molecule has 1 unspecified atom stereocenters. The van der Waals surface area contributed by atoms with Crippen LogP contribution in [0.1, 0.15) is 30.9 Å². The number of piperidine rings is 1. The normalized spacial score (nSPS) is 21.6. The predicted molar refractivity (Wildman–Crippen MR) is 105 cm³/mol. The summed E-state index contributed by atoms with van der Waals surface area (Å²) in [5.74, 6) is 0.299. The number of rotatable bonds is 4. The van der Waals surface area contributed by atoms with E-state index < -0.39 is 27.8 Å². The Balaban J connectivity index is 1.84. The molecular weight excluding hydrogens is 403 g/mol. The summed E-state index contributed by atoms with van der Waals surface area (Å²) < 4.78 is 65.7. The maximum Gasteiger partial charge on any atom is 0.417 e. The van der Waals surface area contributed by atoms with Crippen molar-refractivity contribution in [2.24, 2.45) is 10.9 Å². The van der Waals surface area contributed by atoms with Gasteiger partial charge in [-0.25, -0.2) is 18.4 Å². The van der Waals surface area contributed by atoms with Crippen molar-refractivity contribution in [3.05, 3.63) is 53.7 Å². The second kappa shape index (κ2) is 8.23. The Hall–Kier alpha value is -2.26. The van der Waals surface area contributed by atoms with Crippen LogP contribution in [0.4, 0.5) is 19.0 Å². The molecule has 0 spiro atoms. The van der Waals surface area contributed by atoms with Gasteiger partial charge in [0.05, 0.1) is 16.5 Å². The van der Waals surface area contributed by atoms with Crippen LogP contribution in [0.3, 0.4) is 0 Å². The summed E-state index contributed by atoms with van der Waals surface area (Å²) in [6.07, 6.45) is -0.870. The van der Waals surface area contributed by atoms with E-state index in [1.54, 1.807) is 24.3 Å². The van der Waals surface area contributed by atoms with Gasteiger partial charge in [0.15, 0.2) is 5.82 Å². The summed E-state index contributed by atoms with van der Waals surface area (Å²) >= 11 is 0. The summed E-state index contributed by atoms with van der Waals surface area (Å²) in [7, 11) is -3.72. The van der Waals surface area contributed by atoms with Gasteiger partial charge in [0, 0.05) is 19.0 Å². The van der Waals surface area contributed by atoms with E-state index in [1.165, 1.54) is 16.6 Å². The summed E-state index contributed by atoms with van der Waals surface area (Å²) in [6, 6.07) is 8.24. The average molecular weight is 425 g/mol. The molecule has 1 aliphatic rings. The summed E-state index contributed by atoms with van der Waals surface area (Å²) in [5.41, 5.74) is 0.106. The van der Waals surface area contributed by atoms with Crippen LogP contribution < -0.4 is 0 Å². The zero-order valence-electron chi connectivity index (χ0n) is 16.1. The van der Waals surface area contributed by atoms with Crippen molar-refractivity contribution in [1.82, 2.24) is 9.29 Å². The molecule has 2 aromatic rings. The third-order valence-corrected chi connectivity index (χ3v) is 6.80. The lowest BCUT2D eigenvalue weighted by atomic mass is 9.97. The van der Waals surface area contributed by atoms with Gasteiger partial charge >= 0.3 is 6.18 Å². The Kier molecular flexibility index (Phi) is 6.09. The van der Waals surface area contributed by atoms with E-state index in [1.807, 2.05) is 13.8 Å². The van der Waals surface area contributed by atoms with Gasteiger partial charge in [-0.1, -0.05) is 24.6 Å². The van der Waals surface area contributed by atoms with E-state index in [0.29, 0.717) is 13.0 Å². The molecule has 3 rings (SSSR count). The molecule has 2 heterocycles. The Morgan fingerprint density at radius 2 is 1.83 bits per heavy atom. The number of halogens is 3. The number of benzene rings is 1. The molecule has 5 nitrogen and oxygen atoms in total. The second-order valence-electron chi connectivity index (χ2n) is 7.32. The molecule has 0 N–H and O–H groups in total. The van der Waals surface area contributed by atoms with Crippen molar-refractivity contribution in [3.63, 3.8) is 0 Å². The van der Waals surface area contributed by atoms with Gasteiger partial charge in [-0.2, -0.15) is 17.5 Å². The maximum absolute atomic E-state index is 13.1. The number of aromatic nitrogens is 1. The first-order valence-corrected chi connectivity index (χ1v) is 10.7. The molecule has 1 saturated heterocycles. The van der Waals surface area contributed by atoms with Crippen LogP contribution in [-0.4, -0.2) is 36.5 Å². The fourth-order valence-corrected chi connectivity index (χ4v) is 4.91. The molecule has 156 valence electrons. The first-order chi connectivity index (χ1) is 13.6. The Morgan fingerprint density at radius 1 is 1.14 bits per heavy atom. The fraction of sp³-hybridized carbons (Fsp3) is 0.400. The van der Waals surface area contributed by atoms with E-state index in [9.17, 15) is 21.6 Å². The highest BCUT2D eigenvalue weighted by molar-refractivity contribution is 7.89. The van der Waals surface area contributed by atoms with Crippen molar-refractivity contribution >= 4 is 22.1 Å². The van der Waals surface area contributed by atoms with Crippen molar-refractivity contribution in [2.45, 2.75) is 43.8 Å². The Morgan fingerprint density at radius 3 is 2.41 bits per heavy atom. The average Bonchev–Trinajstić information content (AvgIpc) is 2.67. The van der Waals surface area contributed by atoms with Crippen molar-refractivity contribution in [2.75, 3.05) is 6.54 Å². The van der Waals surface area contributed by atoms with Crippen LogP contribution in [0, 0.1) is 12.8 Å². The summed E-state index contributed by atoms with van der Waals surface area (Å²) in [6.45, 7) is 4.22. The van der Waals surface area contributed by atoms with Gasteiger partial charge in [0.2, 0.25) is 10.0 Å². The predicted octanol–water partition coefficient (Wildman–Crippen LogP) is 4.60. The molecule has 0 aliphatic carbocycles. The van der Waals surface area contributed by atoms with E-state index in [2.05, 4.69) is 9.98 Å². The van der Waals surface area contributed by atoms with Crippen LogP contribution in [0.25, 0.3) is 0 Å². The van der Waals surface area contributed by atoms with E-state index in [-0.39, 0.29) is 16.6 Å². The van der Waals surface area contributed by atoms with Gasteiger partial charge in [-0.05, 0) is 49.9 Å². The minimum atomic E-state index is -4.46. The maximum atomic E-state index is 13.1. The van der Waals surface area contributed by atoms with Gasteiger partial charge in [0.25, 0.3) is 0 Å². The molecule has 9 heteroatoms. The number of aryl methyl sites for hydroxylation is 1. The quantitative estimate of drug-likeness (QED) is 0.673. The van der Waals surface area contributed by atoms with E-state index in [4.69, 9.17) is 0 Å². The topological polar surface area (TPSA) is 62.6 Å². The first kappa shape index (κ1) is 21.4. The number of pyridine rings is 1. The number of nitrogens with zero attached hydrogens (tertiary/aromatic N) is 3. The lowest BCUT2D eigenvalue weighted by Crippen LogP contribution is -2.47. The van der Waals surface area contributed by atoms with Crippen molar-refractivity contribution in [3.8, 4) is 0 Å². The van der Waals surface area contributed by atoms with Crippen LogP contribution >= 0.6 is 0 Å². The molecule has 29 heavy (non-hydrogen) atoms. The molecule has 0 amide bonds. The molecule has 1 fully saturated rings. The Bertz CT molecular complexity index is 972. The minimum absolute atomic E-state index is 0.101. The fourth-order valence-electron chi connectivity index (χ4n) is 3.20. The van der Waals surface area contributed by atoms with Crippen molar-refractivity contribution in [1.29, 1.82) is 0 Å². The highest BCUT2D eigenvalue weighted by Gasteiger charge is 2.35. The molecule has 1 aromatic carbocycles. The lowest BCUT2D eigenvalue weighted by Gasteiger charge is -2.35. The summed E-state index contributed by atoms with van der Waals surface area (Å²) in [4.78, 5) is 8.07. The smallest absolute Gasteiger partial charge is 0.240 e. The number of hydrogen-bond donors (Lipinski definition) is 0. The Labute approximate surface area is 168 Å². The zero-order chi connectivity index (χ0) is 21.2. The highest BCUT2D eigenvalue weighted by atomic mass is 32.2. The van der Waals surface area contributed by atoms with Gasteiger partial charge in [-0.15, -0.1) is 0 Å². The standard InChI is InChI=1S/C20H22F3N3O2S/c1-14-4-8-18(9-5-14)29(27,28)26-13-15(2)3-7-17(26)12-25-19-10-6-16(11-24-19)20(21,22)23/h4-6,8-12,15,17H,3,7,13H2,1-2H3/t15-,17?/m1/s1. The van der Waals surface area contributed by atoms with Crippen LogP contribution in [0.5, 0.6) is 0 Å². The largest absolute Gasteiger partial charge is 0.417 e. The molecule has 0 saturated carbocycles. The van der Waals surface area contributed by atoms with Crippen LogP contribution in [0.15, 0.2) is 52.5 Å². The number of alkyl halides is 3. The molecule has 2 atom stereocenters. The number of hydrogen-bond acceptors (Lipinski definition) is 4. The summed E-state index contributed by atoms with van der Waals surface area (Å²) in [5, 5.41) is 0. The molecular formula is C20H22F3N3O2S. The molecule has 0 radical (unpaired) electrons. The monoisotopic (exact) mass is 425 g/mol. The first-order valence-electron chi connectivity index (χ1n) is 9.23. The number of sulfonamides is 1. The third-order valence-electron chi connectivity index (χ3n) is 4.90.